The summed E-state index contributed by atoms with van der Waals surface area (Å²) in [6.45, 7) is 2.76. The molecule has 0 N–H and O–H groups in total. The molecule has 0 unspecified atom stereocenters. The van der Waals surface area contributed by atoms with Crippen LogP contribution in [0.1, 0.15) is 24.0 Å². The maximum Gasteiger partial charge on any atom is 0.414 e. The molecule has 2 aliphatic rings. The Hall–Kier alpha value is -1.97. The molecule has 0 saturated carbocycles. The van der Waals surface area contributed by atoms with Gasteiger partial charge in [0.15, 0.2) is 0 Å². The van der Waals surface area contributed by atoms with Gasteiger partial charge in [0, 0.05) is 29.2 Å². The second kappa shape index (κ2) is 7.70. The Balaban J connectivity index is 1.53. The number of nitrogens with zero attached hydrogens (tertiary/aromatic N) is 2. The summed E-state index contributed by atoms with van der Waals surface area (Å²) in [7, 11) is -3.76. The number of hydrogen-bond acceptors (Lipinski definition) is 4. The lowest BCUT2D eigenvalue weighted by atomic mass is 10.0. The van der Waals surface area contributed by atoms with Crippen LogP contribution in [0.15, 0.2) is 45.8 Å². The molecule has 29 heavy (non-hydrogen) atoms. The Kier molecular flexibility index (Phi) is 5.39. The van der Waals surface area contributed by atoms with Crippen LogP contribution >= 0.6 is 15.9 Å². The van der Waals surface area contributed by atoms with Crippen LogP contribution in [0.4, 0.5) is 14.9 Å². The van der Waals surface area contributed by atoms with Crippen molar-refractivity contribution in [2.45, 2.75) is 37.3 Å². The molecule has 2 aromatic carbocycles. The van der Waals surface area contributed by atoms with Gasteiger partial charge in [0.2, 0.25) is 10.0 Å². The molecule has 0 atom stereocenters. The first-order chi connectivity index (χ1) is 13.8. The minimum absolute atomic E-state index is 0.0375. The van der Waals surface area contributed by atoms with Crippen molar-refractivity contribution in [2.75, 3.05) is 18.0 Å². The molecule has 0 spiro atoms. The molecular weight excluding hydrogens is 463 g/mol. The maximum absolute atomic E-state index is 13.3. The van der Waals surface area contributed by atoms with Crippen molar-refractivity contribution in [3.8, 4) is 0 Å². The smallest absolute Gasteiger partial charge is 0.414 e. The normalized spacial score (nSPS) is 18.4. The second-order valence-corrected chi connectivity index (χ2v) is 10.0. The van der Waals surface area contributed by atoms with Gasteiger partial charge in [-0.1, -0.05) is 17.7 Å². The number of benzene rings is 2. The van der Waals surface area contributed by atoms with Crippen molar-refractivity contribution in [3.63, 3.8) is 0 Å². The lowest BCUT2D eigenvalue weighted by molar-refractivity contribution is 0.135. The maximum atomic E-state index is 13.3. The van der Waals surface area contributed by atoms with Gasteiger partial charge in [0.05, 0.1) is 10.6 Å². The van der Waals surface area contributed by atoms with Gasteiger partial charge in [-0.05, 0) is 60.0 Å². The SMILES string of the molecule is Cc1ccc2c(c1)COC(=O)N2C1CCN(S(=O)(=O)c2ccc(F)cc2Br)CC1. The summed E-state index contributed by atoms with van der Waals surface area (Å²) in [5.74, 6) is -0.507. The lowest BCUT2D eigenvalue weighted by Crippen LogP contribution is -2.50. The van der Waals surface area contributed by atoms with Crippen molar-refractivity contribution < 1.29 is 22.3 Å². The van der Waals surface area contributed by atoms with E-state index in [4.69, 9.17) is 4.74 Å². The average Bonchev–Trinajstić information content (AvgIpc) is 2.68. The summed E-state index contributed by atoms with van der Waals surface area (Å²) in [5.41, 5.74) is 2.87. The van der Waals surface area contributed by atoms with Gasteiger partial charge in [-0.3, -0.25) is 4.90 Å². The number of hydrogen-bond donors (Lipinski definition) is 0. The number of rotatable bonds is 3. The average molecular weight is 483 g/mol. The number of amides is 1. The number of piperidine rings is 1. The first kappa shape index (κ1) is 20.3. The number of carbonyl (C=O) groups is 1. The molecule has 0 aliphatic carbocycles. The molecule has 154 valence electrons. The molecule has 2 aliphatic heterocycles. The molecule has 4 rings (SSSR count). The van der Waals surface area contributed by atoms with E-state index >= 15 is 0 Å². The Bertz CT molecular complexity index is 1070. The number of anilines is 1. The molecule has 0 bridgehead atoms. The third-order valence-electron chi connectivity index (χ3n) is 5.34. The highest BCUT2D eigenvalue weighted by molar-refractivity contribution is 9.10. The van der Waals surface area contributed by atoms with Gasteiger partial charge in [0.25, 0.3) is 0 Å². The summed E-state index contributed by atoms with van der Waals surface area (Å²) < 4.78 is 46.2. The molecule has 2 aromatic rings. The molecule has 1 amide bonds. The first-order valence-electron chi connectivity index (χ1n) is 9.28. The zero-order chi connectivity index (χ0) is 20.8. The number of aryl methyl sites for hydroxylation is 1. The number of halogens is 2. The molecule has 2 heterocycles. The largest absolute Gasteiger partial charge is 0.444 e. The third kappa shape index (κ3) is 3.78. The van der Waals surface area contributed by atoms with E-state index in [-0.39, 0.29) is 35.1 Å². The molecular formula is C20H20BrFN2O4S. The van der Waals surface area contributed by atoms with Crippen molar-refractivity contribution >= 4 is 37.7 Å². The quantitative estimate of drug-likeness (QED) is 0.657. The predicted octanol–water partition coefficient (Wildman–Crippen LogP) is 4.21. The summed E-state index contributed by atoms with van der Waals surface area (Å²) >= 11 is 3.14. The minimum Gasteiger partial charge on any atom is -0.444 e. The topological polar surface area (TPSA) is 66.9 Å². The van der Waals surface area contributed by atoms with Gasteiger partial charge in [-0.25, -0.2) is 17.6 Å². The van der Waals surface area contributed by atoms with Crippen LogP contribution in [0.5, 0.6) is 0 Å². The highest BCUT2D eigenvalue weighted by Gasteiger charge is 2.37. The number of cyclic esters (lactones) is 1. The monoisotopic (exact) mass is 482 g/mol. The summed E-state index contributed by atoms with van der Waals surface area (Å²) in [4.78, 5) is 14.1. The van der Waals surface area contributed by atoms with Crippen molar-refractivity contribution in [2.24, 2.45) is 0 Å². The molecule has 9 heteroatoms. The Morgan fingerprint density at radius 3 is 2.55 bits per heavy atom. The number of sulfonamides is 1. The van der Waals surface area contributed by atoms with E-state index in [1.54, 1.807) is 4.90 Å². The standard InChI is InChI=1S/C20H20BrFN2O4S/c1-13-2-4-18-14(10-13)12-28-20(25)24(18)16-6-8-23(9-7-16)29(26,27)19-5-3-15(22)11-17(19)21/h2-5,10-11,16H,6-9,12H2,1H3. The van der Waals surface area contributed by atoms with E-state index in [1.807, 2.05) is 25.1 Å². The van der Waals surface area contributed by atoms with Crippen molar-refractivity contribution in [3.05, 3.63) is 57.8 Å². The molecule has 1 fully saturated rings. The Morgan fingerprint density at radius 1 is 1.14 bits per heavy atom. The molecule has 0 aromatic heterocycles. The summed E-state index contributed by atoms with van der Waals surface area (Å²) in [6, 6.07) is 9.27. The Labute approximate surface area is 177 Å². The van der Waals surface area contributed by atoms with Crippen LogP contribution in [0.3, 0.4) is 0 Å². The van der Waals surface area contributed by atoms with E-state index < -0.39 is 21.9 Å². The zero-order valence-corrected chi connectivity index (χ0v) is 18.2. The molecule has 6 nitrogen and oxygen atoms in total. The van der Waals surface area contributed by atoms with E-state index in [0.29, 0.717) is 12.8 Å². The van der Waals surface area contributed by atoms with Crippen LogP contribution in [0.2, 0.25) is 0 Å². The first-order valence-corrected chi connectivity index (χ1v) is 11.5. The van der Waals surface area contributed by atoms with Crippen LogP contribution < -0.4 is 4.90 Å². The van der Waals surface area contributed by atoms with Crippen LogP contribution in [-0.2, 0) is 21.4 Å². The lowest BCUT2D eigenvalue weighted by Gasteiger charge is -2.39. The fraction of sp³-hybridized carbons (Fsp3) is 0.350. The van der Waals surface area contributed by atoms with Gasteiger partial charge in [-0.2, -0.15) is 4.31 Å². The van der Waals surface area contributed by atoms with E-state index in [2.05, 4.69) is 15.9 Å². The van der Waals surface area contributed by atoms with Gasteiger partial charge in [-0.15, -0.1) is 0 Å². The molecule has 1 saturated heterocycles. The zero-order valence-electron chi connectivity index (χ0n) is 15.8. The van der Waals surface area contributed by atoms with E-state index in [9.17, 15) is 17.6 Å². The van der Waals surface area contributed by atoms with Gasteiger partial charge in [0.1, 0.15) is 12.4 Å². The number of carbonyl (C=O) groups excluding carboxylic acids is 1. The van der Waals surface area contributed by atoms with Crippen LogP contribution in [0.25, 0.3) is 0 Å². The number of ether oxygens (including phenoxy) is 1. The highest BCUT2D eigenvalue weighted by atomic mass is 79.9. The minimum atomic E-state index is -3.76. The van der Waals surface area contributed by atoms with Crippen molar-refractivity contribution in [1.82, 2.24) is 4.31 Å². The van der Waals surface area contributed by atoms with Crippen LogP contribution in [-0.4, -0.2) is 37.9 Å². The van der Waals surface area contributed by atoms with E-state index in [0.717, 1.165) is 28.9 Å². The fourth-order valence-electron chi connectivity index (χ4n) is 3.88. The second-order valence-electron chi connectivity index (χ2n) is 7.27. The molecule has 0 radical (unpaired) electrons. The summed E-state index contributed by atoms with van der Waals surface area (Å²) in [5, 5.41) is 0. The summed E-state index contributed by atoms with van der Waals surface area (Å²) in [6.07, 6.45) is 0.574. The van der Waals surface area contributed by atoms with E-state index in [1.165, 1.54) is 10.4 Å². The Morgan fingerprint density at radius 2 is 1.86 bits per heavy atom. The predicted molar refractivity (Wildman–Crippen MR) is 110 cm³/mol. The number of fused-ring (bicyclic) bond motifs is 1. The van der Waals surface area contributed by atoms with Gasteiger partial charge < -0.3 is 4.74 Å². The highest BCUT2D eigenvalue weighted by Crippen LogP contribution is 2.34. The van der Waals surface area contributed by atoms with Crippen LogP contribution in [0, 0.1) is 12.7 Å². The fourth-order valence-corrected chi connectivity index (χ4v) is 6.36. The van der Waals surface area contributed by atoms with Crippen molar-refractivity contribution in [1.29, 1.82) is 0 Å². The van der Waals surface area contributed by atoms with Gasteiger partial charge >= 0.3 is 6.09 Å². The third-order valence-corrected chi connectivity index (χ3v) is 8.22.